The lowest BCUT2D eigenvalue weighted by Crippen LogP contribution is -2.28. The molecule has 0 nitrogen and oxygen atoms in total. The molecule has 0 radical (unpaired) electrons. The van der Waals surface area contributed by atoms with Crippen LogP contribution in [0.25, 0.3) is 0 Å². The molecule has 0 aliphatic carbocycles. The van der Waals surface area contributed by atoms with Crippen LogP contribution >= 0.6 is 15.8 Å². The van der Waals surface area contributed by atoms with E-state index >= 15 is 0 Å². The molecule has 2 aliphatic heterocycles. The van der Waals surface area contributed by atoms with Gasteiger partial charge in [0.05, 0.1) is 22.6 Å². The summed E-state index contributed by atoms with van der Waals surface area (Å²) in [5.41, 5.74) is 3.91. The first-order valence-electron chi connectivity index (χ1n) is 8.42. The molecule has 0 bridgehead atoms. The Morgan fingerprint density at radius 1 is 0.650 bits per heavy atom. The van der Waals surface area contributed by atoms with Gasteiger partial charge in [0.2, 0.25) is 0 Å². The van der Waals surface area contributed by atoms with Crippen molar-refractivity contribution in [1.82, 2.24) is 0 Å². The van der Waals surface area contributed by atoms with Crippen LogP contribution in [0.5, 0.6) is 0 Å². The maximum Gasteiger partial charge on any atom is 0.133 e. The van der Waals surface area contributed by atoms with Crippen molar-refractivity contribution < 1.29 is 0 Å². The van der Waals surface area contributed by atoms with Gasteiger partial charge in [0.25, 0.3) is 0 Å². The maximum absolute atomic E-state index is 2.52. The van der Waals surface area contributed by atoms with Gasteiger partial charge in [-0.2, -0.15) is 0 Å². The molecule has 1 aromatic rings. The molecule has 0 N–H and O–H groups in total. The van der Waals surface area contributed by atoms with E-state index in [0.29, 0.717) is 0 Å². The van der Waals surface area contributed by atoms with Crippen LogP contribution < -0.4 is 10.6 Å². The molecule has 4 atom stereocenters. The Kier molecular flexibility index (Phi) is 4.54. The molecule has 2 aliphatic rings. The van der Waals surface area contributed by atoms with Crippen molar-refractivity contribution in [2.24, 2.45) is 0 Å². The Morgan fingerprint density at radius 3 is 1.25 bits per heavy atom. The predicted octanol–water partition coefficient (Wildman–Crippen LogP) is 4.51. The van der Waals surface area contributed by atoms with Gasteiger partial charge in [-0.1, -0.05) is 12.1 Å². The van der Waals surface area contributed by atoms with Crippen molar-refractivity contribution in [3.63, 3.8) is 0 Å². The van der Waals surface area contributed by atoms with Crippen LogP contribution in [0.1, 0.15) is 53.4 Å². The molecule has 3 rings (SSSR count). The standard InChI is InChI=1S/C18H28P2/c1-13-9-10-14(2)19(13)17-7-5-6-8-18(17)20-15(3)11-12-16(20)4/h5-8,13-16H,9-12H2,1-4H3/p+2/t13-,14-,15-,16-/m1/s1. The summed E-state index contributed by atoms with van der Waals surface area (Å²) in [7, 11) is -0.664. The highest BCUT2D eigenvalue weighted by atomic mass is 31.1. The Bertz CT molecular complexity index is 407. The van der Waals surface area contributed by atoms with E-state index in [-0.39, 0.29) is 15.8 Å². The number of benzene rings is 1. The summed E-state index contributed by atoms with van der Waals surface area (Å²) in [6.07, 6.45) is 5.88. The summed E-state index contributed by atoms with van der Waals surface area (Å²) in [5.74, 6) is 0. The molecule has 110 valence electrons. The second-order valence-corrected chi connectivity index (χ2v) is 14.1. The van der Waals surface area contributed by atoms with E-state index in [4.69, 9.17) is 0 Å². The Balaban J connectivity index is 2.00. The molecule has 20 heavy (non-hydrogen) atoms. The lowest BCUT2D eigenvalue weighted by molar-refractivity contribution is 0.777. The summed E-state index contributed by atoms with van der Waals surface area (Å²) in [4.78, 5) is 0. The van der Waals surface area contributed by atoms with Gasteiger partial charge in [0, 0.05) is 15.8 Å². The molecule has 2 fully saturated rings. The summed E-state index contributed by atoms with van der Waals surface area (Å²) >= 11 is 0. The van der Waals surface area contributed by atoms with Gasteiger partial charge in [0.1, 0.15) is 10.6 Å². The summed E-state index contributed by atoms with van der Waals surface area (Å²) in [6, 6.07) is 9.64. The van der Waals surface area contributed by atoms with Crippen molar-refractivity contribution in [3.05, 3.63) is 24.3 Å². The third kappa shape index (κ3) is 2.60. The van der Waals surface area contributed by atoms with Gasteiger partial charge in [-0.25, -0.2) is 0 Å². The molecule has 0 saturated carbocycles. The monoisotopic (exact) mass is 308 g/mol. The first-order valence-corrected chi connectivity index (χ1v) is 11.7. The zero-order chi connectivity index (χ0) is 14.3. The van der Waals surface area contributed by atoms with Gasteiger partial charge >= 0.3 is 0 Å². The molecule has 1 aromatic carbocycles. The predicted molar refractivity (Wildman–Crippen MR) is 98.7 cm³/mol. The minimum atomic E-state index is -0.332. The van der Waals surface area contributed by atoms with Crippen LogP contribution in [0.2, 0.25) is 0 Å². The number of hydrogen-bond acceptors (Lipinski definition) is 0. The van der Waals surface area contributed by atoms with E-state index in [9.17, 15) is 0 Å². The molecule has 0 amide bonds. The average molecular weight is 308 g/mol. The summed E-state index contributed by atoms with van der Waals surface area (Å²) < 4.78 is 0. The normalized spacial score (nSPS) is 35.8. The van der Waals surface area contributed by atoms with Crippen molar-refractivity contribution in [1.29, 1.82) is 0 Å². The Labute approximate surface area is 127 Å². The largest absolute Gasteiger partial charge is 0.133 e. The molecule has 0 spiro atoms. The Morgan fingerprint density at radius 2 is 0.950 bits per heavy atom. The molecular formula is C18H30P2+2. The van der Waals surface area contributed by atoms with E-state index in [2.05, 4.69) is 52.0 Å². The van der Waals surface area contributed by atoms with E-state index in [1.165, 1.54) is 25.7 Å². The molecule has 0 unspecified atom stereocenters. The lowest BCUT2D eigenvalue weighted by Gasteiger charge is -2.19. The minimum Gasteiger partial charge on any atom is -0.0581 e. The first kappa shape index (κ1) is 15.0. The molecular weight excluding hydrogens is 278 g/mol. The molecule has 2 heterocycles. The summed E-state index contributed by atoms with van der Waals surface area (Å²) in [5, 5.41) is 3.67. The highest BCUT2D eigenvalue weighted by Gasteiger charge is 2.46. The Hall–Kier alpha value is 0.0800. The van der Waals surface area contributed by atoms with Crippen molar-refractivity contribution >= 4 is 26.5 Å². The van der Waals surface area contributed by atoms with Crippen LogP contribution in [0.15, 0.2) is 24.3 Å². The fourth-order valence-corrected chi connectivity index (χ4v) is 12.9. The van der Waals surface area contributed by atoms with E-state index in [1.54, 1.807) is 0 Å². The quantitative estimate of drug-likeness (QED) is 0.705. The third-order valence-electron chi connectivity index (χ3n) is 5.74. The van der Waals surface area contributed by atoms with Crippen LogP contribution in [0, 0.1) is 0 Å². The van der Waals surface area contributed by atoms with E-state index in [1.807, 2.05) is 10.6 Å². The van der Waals surface area contributed by atoms with E-state index in [0.717, 1.165) is 22.6 Å². The van der Waals surface area contributed by atoms with Gasteiger partial charge in [-0.05, 0) is 65.5 Å². The van der Waals surface area contributed by atoms with Crippen molar-refractivity contribution in [2.45, 2.75) is 76.0 Å². The SMILES string of the molecule is C[C@@H]1CC[C@@H](C)[PH+]1c1ccccc1[PH+]1[C@H](C)CC[C@H]1C. The topological polar surface area (TPSA) is 0 Å². The smallest absolute Gasteiger partial charge is 0.0581 e. The highest BCUT2D eigenvalue weighted by molar-refractivity contribution is 7.73. The van der Waals surface area contributed by atoms with Crippen LogP contribution in [-0.4, -0.2) is 22.6 Å². The maximum atomic E-state index is 2.52. The highest BCUT2D eigenvalue weighted by Crippen LogP contribution is 2.58. The van der Waals surface area contributed by atoms with Gasteiger partial charge in [-0.15, -0.1) is 0 Å². The summed E-state index contributed by atoms with van der Waals surface area (Å²) in [6.45, 7) is 10.1. The van der Waals surface area contributed by atoms with Gasteiger partial charge < -0.3 is 0 Å². The van der Waals surface area contributed by atoms with Gasteiger partial charge in [-0.3, -0.25) is 0 Å². The lowest BCUT2D eigenvalue weighted by atomic mass is 10.2. The second kappa shape index (κ2) is 6.06. The number of hydrogen-bond donors (Lipinski definition) is 0. The van der Waals surface area contributed by atoms with Crippen molar-refractivity contribution in [2.75, 3.05) is 0 Å². The zero-order valence-corrected chi connectivity index (χ0v) is 15.4. The molecule has 2 saturated heterocycles. The third-order valence-corrected chi connectivity index (χ3v) is 13.5. The zero-order valence-electron chi connectivity index (χ0n) is 13.4. The first-order chi connectivity index (χ1) is 9.59. The minimum absolute atomic E-state index is 0.332. The molecule has 2 heteroatoms. The number of rotatable bonds is 2. The molecule has 0 aromatic heterocycles. The van der Waals surface area contributed by atoms with Crippen LogP contribution in [-0.2, 0) is 0 Å². The fourth-order valence-electron chi connectivity index (χ4n) is 4.64. The fraction of sp³-hybridized carbons (Fsp3) is 0.667. The van der Waals surface area contributed by atoms with Crippen LogP contribution in [0.3, 0.4) is 0 Å². The van der Waals surface area contributed by atoms with Gasteiger partial charge in [0.15, 0.2) is 0 Å². The van der Waals surface area contributed by atoms with E-state index < -0.39 is 0 Å². The second-order valence-electron chi connectivity index (χ2n) is 7.22. The average Bonchev–Trinajstić information content (AvgIpc) is 2.93. The van der Waals surface area contributed by atoms with Crippen molar-refractivity contribution in [3.8, 4) is 0 Å². The van der Waals surface area contributed by atoms with Crippen LogP contribution in [0.4, 0.5) is 0 Å².